The van der Waals surface area contributed by atoms with Gasteiger partial charge in [-0.05, 0) is 41.8 Å². The van der Waals surface area contributed by atoms with Crippen LogP contribution in [0.15, 0.2) is 30.3 Å². The van der Waals surface area contributed by atoms with E-state index < -0.39 is 0 Å². The maximum Gasteiger partial charge on any atom is 0.220 e. The van der Waals surface area contributed by atoms with Crippen LogP contribution in [0.4, 0.5) is 0 Å². The molecule has 4 heteroatoms. The summed E-state index contributed by atoms with van der Waals surface area (Å²) in [5.41, 5.74) is 1.17. The SMILES string of the molecule is CCCC(=O)NC1CC1c1c(OC)ccc2ccc(OC)cc12. The monoisotopic (exact) mass is 313 g/mol. The fraction of sp³-hybridized carbons (Fsp3) is 0.421. The maximum absolute atomic E-state index is 11.8. The van der Waals surface area contributed by atoms with Crippen molar-refractivity contribution in [3.05, 3.63) is 35.9 Å². The van der Waals surface area contributed by atoms with Crippen LogP contribution in [0.5, 0.6) is 11.5 Å². The molecule has 1 aliphatic carbocycles. The molecule has 0 aliphatic heterocycles. The summed E-state index contributed by atoms with van der Waals surface area (Å²) in [7, 11) is 3.36. The number of carbonyl (C=O) groups is 1. The van der Waals surface area contributed by atoms with E-state index in [1.807, 2.05) is 19.1 Å². The molecule has 23 heavy (non-hydrogen) atoms. The highest BCUT2D eigenvalue weighted by atomic mass is 16.5. The Morgan fingerprint density at radius 1 is 1.22 bits per heavy atom. The Balaban J connectivity index is 1.94. The Morgan fingerprint density at radius 3 is 2.70 bits per heavy atom. The number of amides is 1. The van der Waals surface area contributed by atoms with Crippen molar-refractivity contribution in [3.63, 3.8) is 0 Å². The number of methoxy groups -OCH3 is 2. The van der Waals surface area contributed by atoms with Gasteiger partial charge >= 0.3 is 0 Å². The van der Waals surface area contributed by atoms with Crippen LogP contribution >= 0.6 is 0 Å². The molecule has 0 bridgehead atoms. The van der Waals surface area contributed by atoms with Crippen LogP contribution < -0.4 is 14.8 Å². The van der Waals surface area contributed by atoms with Crippen molar-refractivity contribution >= 4 is 16.7 Å². The van der Waals surface area contributed by atoms with Gasteiger partial charge in [-0.25, -0.2) is 0 Å². The van der Waals surface area contributed by atoms with E-state index in [9.17, 15) is 4.79 Å². The Morgan fingerprint density at radius 2 is 2.00 bits per heavy atom. The first-order valence-corrected chi connectivity index (χ1v) is 8.12. The fourth-order valence-corrected chi connectivity index (χ4v) is 3.17. The highest BCUT2D eigenvalue weighted by Gasteiger charge is 2.42. The molecule has 4 nitrogen and oxygen atoms in total. The largest absolute Gasteiger partial charge is 0.497 e. The first-order valence-electron chi connectivity index (χ1n) is 8.12. The lowest BCUT2D eigenvalue weighted by Crippen LogP contribution is -2.26. The van der Waals surface area contributed by atoms with Gasteiger partial charge in [0.2, 0.25) is 5.91 Å². The summed E-state index contributed by atoms with van der Waals surface area (Å²) in [6.07, 6.45) is 2.42. The second-order valence-corrected chi connectivity index (χ2v) is 6.03. The van der Waals surface area contributed by atoms with Gasteiger partial charge in [0, 0.05) is 23.9 Å². The molecule has 1 N–H and O–H groups in total. The first-order chi connectivity index (χ1) is 11.2. The molecular weight excluding hydrogens is 290 g/mol. The van der Waals surface area contributed by atoms with Crippen LogP contribution in [0.1, 0.15) is 37.7 Å². The molecule has 1 amide bonds. The molecule has 1 aliphatic rings. The minimum Gasteiger partial charge on any atom is -0.497 e. The summed E-state index contributed by atoms with van der Waals surface area (Å²) in [5.74, 6) is 2.15. The quantitative estimate of drug-likeness (QED) is 0.886. The second kappa shape index (κ2) is 6.49. The summed E-state index contributed by atoms with van der Waals surface area (Å²) in [6, 6.07) is 10.4. The average molecular weight is 313 g/mol. The Hall–Kier alpha value is -2.23. The van der Waals surface area contributed by atoms with Crippen LogP contribution in [0.3, 0.4) is 0 Å². The van der Waals surface area contributed by atoms with Crippen molar-refractivity contribution < 1.29 is 14.3 Å². The third-order valence-electron chi connectivity index (χ3n) is 4.43. The highest BCUT2D eigenvalue weighted by molar-refractivity contribution is 5.90. The van der Waals surface area contributed by atoms with Crippen LogP contribution in [-0.2, 0) is 4.79 Å². The Kier molecular flexibility index (Phi) is 4.42. The van der Waals surface area contributed by atoms with E-state index in [0.717, 1.165) is 35.1 Å². The van der Waals surface area contributed by atoms with Gasteiger partial charge in [-0.1, -0.05) is 19.1 Å². The molecule has 0 aromatic heterocycles. The number of benzene rings is 2. The molecule has 0 radical (unpaired) electrons. The lowest BCUT2D eigenvalue weighted by atomic mass is 9.99. The average Bonchev–Trinajstić information content (AvgIpc) is 3.31. The van der Waals surface area contributed by atoms with E-state index in [0.29, 0.717) is 12.3 Å². The number of hydrogen-bond acceptors (Lipinski definition) is 3. The summed E-state index contributed by atoms with van der Waals surface area (Å²) >= 11 is 0. The molecule has 2 atom stereocenters. The summed E-state index contributed by atoms with van der Waals surface area (Å²) in [5, 5.41) is 5.42. The maximum atomic E-state index is 11.8. The molecule has 122 valence electrons. The van der Waals surface area contributed by atoms with Gasteiger partial charge in [0.1, 0.15) is 11.5 Å². The first kappa shape index (κ1) is 15.7. The molecule has 2 aromatic carbocycles. The standard InChI is InChI=1S/C19H23NO3/c1-4-5-18(21)20-16-11-15(16)19-14-10-13(22-2)8-6-12(14)7-9-17(19)23-3/h6-10,15-16H,4-5,11H2,1-3H3,(H,20,21). The zero-order valence-electron chi connectivity index (χ0n) is 13.9. The minimum absolute atomic E-state index is 0.136. The Labute approximate surface area is 136 Å². The van der Waals surface area contributed by atoms with Crippen molar-refractivity contribution in [2.24, 2.45) is 0 Å². The van der Waals surface area contributed by atoms with Gasteiger partial charge in [0.05, 0.1) is 14.2 Å². The molecule has 0 saturated heterocycles. The lowest BCUT2D eigenvalue weighted by molar-refractivity contribution is -0.121. The molecular formula is C19H23NO3. The van der Waals surface area contributed by atoms with Crippen LogP contribution in [-0.4, -0.2) is 26.2 Å². The number of ether oxygens (including phenoxy) is 2. The van der Waals surface area contributed by atoms with E-state index in [2.05, 4.69) is 23.5 Å². The van der Waals surface area contributed by atoms with E-state index in [4.69, 9.17) is 9.47 Å². The minimum atomic E-state index is 0.136. The van der Waals surface area contributed by atoms with Crippen molar-refractivity contribution in [1.29, 1.82) is 0 Å². The topological polar surface area (TPSA) is 47.6 Å². The van der Waals surface area contributed by atoms with Gasteiger partial charge in [0.15, 0.2) is 0 Å². The summed E-state index contributed by atoms with van der Waals surface area (Å²) in [4.78, 5) is 11.8. The van der Waals surface area contributed by atoms with Gasteiger partial charge in [-0.3, -0.25) is 4.79 Å². The third-order valence-corrected chi connectivity index (χ3v) is 4.43. The van der Waals surface area contributed by atoms with Crippen molar-refractivity contribution in [2.45, 2.75) is 38.1 Å². The van der Waals surface area contributed by atoms with Gasteiger partial charge in [-0.2, -0.15) is 0 Å². The van der Waals surface area contributed by atoms with Gasteiger partial charge in [0.25, 0.3) is 0 Å². The summed E-state index contributed by atoms with van der Waals surface area (Å²) < 4.78 is 10.9. The predicted octanol–water partition coefficient (Wildman–Crippen LogP) is 3.63. The van der Waals surface area contributed by atoms with Gasteiger partial charge < -0.3 is 14.8 Å². The molecule has 3 rings (SSSR count). The molecule has 1 fully saturated rings. The van der Waals surface area contributed by atoms with E-state index in [1.165, 1.54) is 5.56 Å². The van der Waals surface area contributed by atoms with E-state index in [1.54, 1.807) is 14.2 Å². The molecule has 2 aromatic rings. The molecule has 2 unspecified atom stereocenters. The van der Waals surface area contributed by atoms with Crippen LogP contribution in [0.2, 0.25) is 0 Å². The van der Waals surface area contributed by atoms with Gasteiger partial charge in [-0.15, -0.1) is 0 Å². The van der Waals surface area contributed by atoms with Crippen LogP contribution in [0, 0.1) is 0 Å². The number of rotatable bonds is 6. The molecule has 0 spiro atoms. The molecule has 0 heterocycles. The van der Waals surface area contributed by atoms with E-state index in [-0.39, 0.29) is 11.9 Å². The number of fused-ring (bicyclic) bond motifs is 1. The number of nitrogens with one attached hydrogen (secondary N) is 1. The van der Waals surface area contributed by atoms with Crippen molar-refractivity contribution in [2.75, 3.05) is 14.2 Å². The molecule has 1 saturated carbocycles. The van der Waals surface area contributed by atoms with Crippen LogP contribution in [0.25, 0.3) is 10.8 Å². The normalized spacial score (nSPS) is 19.4. The number of carbonyl (C=O) groups excluding carboxylic acids is 1. The highest BCUT2D eigenvalue weighted by Crippen LogP contribution is 2.48. The third kappa shape index (κ3) is 3.11. The summed E-state index contributed by atoms with van der Waals surface area (Å²) in [6.45, 7) is 2.02. The fourth-order valence-electron chi connectivity index (χ4n) is 3.17. The number of hydrogen-bond donors (Lipinski definition) is 1. The van der Waals surface area contributed by atoms with Crippen molar-refractivity contribution in [1.82, 2.24) is 5.32 Å². The van der Waals surface area contributed by atoms with E-state index >= 15 is 0 Å². The van der Waals surface area contributed by atoms with Crippen molar-refractivity contribution in [3.8, 4) is 11.5 Å². The zero-order chi connectivity index (χ0) is 16.4. The predicted molar refractivity (Wildman–Crippen MR) is 91.2 cm³/mol. The zero-order valence-corrected chi connectivity index (χ0v) is 13.9. The lowest BCUT2D eigenvalue weighted by Gasteiger charge is -2.13. The smallest absolute Gasteiger partial charge is 0.220 e. The second-order valence-electron chi connectivity index (χ2n) is 6.03. The Bertz CT molecular complexity index is 721.